The van der Waals surface area contributed by atoms with Crippen molar-refractivity contribution in [3.63, 3.8) is 0 Å². The number of aryl methyl sites for hydroxylation is 1. The number of nitrogens with one attached hydrogen (secondary N) is 1. The van der Waals surface area contributed by atoms with Gasteiger partial charge in [0.15, 0.2) is 0 Å². The molecule has 1 atom stereocenters. The van der Waals surface area contributed by atoms with E-state index >= 15 is 0 Å². The number of aromatic hydroxyl groups is 1. The van der Waals surface area contributed by atoms with Crippen LogP contribution in [0.1, 0.15) is 29.8 Å². The third kappa shape index (κ3) is 3.05. The number of hydrogen-bond acceptors (Lipinski definition) is 4. The lowest BCUT2D eigenvalue weighted by Crippen LogP contribution is -2.19. The van der Waals surface area contributed by atoms with Crippen molar-refractivity contribution in [1.82, 2.24) is 15.5 Å². The second-order valence-electron chi connectivity index (χ2n) is 4.38. The van der Waals surface area contributed by atoms with Crippen molar-refractivity contribution in [1.29, 1.82) is 0 Å². The SMILES string of the molecule is Cc1ccc(O)c(C(C)NCc2cccnn2)c1. The minimum absolute atomic E-state index is 0.0620. The molecule has 0 amide bonds. The lowest BCUT2D eigenvalue weighted by Gasteiger charge is -2.15. The fourth-order valence-electron chi connectivity index (χ4n) is 1.82. The van der Waals surface area contributed by atoms with Crippen molar-refractivity contribution in [3.8, 4) is 5.75 Å². The maximum absolute atomic E-state index is 9.83. The highest BCUT2D eigenvalue weighted by Gasteiger charge is 2.10. The Labute approximate surface area is 107 Å². The lowest BCUT2D eigenvalue weighted by atomic mass is 10.0. The molecule has 0 fully saturated rings. The largest absolute Gasteiger partial charge is 0.508 e. The maximum Gasteiger partial charge on any atom is 0.120 e. The molecule has 94 valence electrons. The Morgan fingerprint density at radius 1 is 1.33 bits per heavy atom. The van der Waals surface area contributed by atoms with E-state index in [0.29, 0.717) is 12.3 Å². The summed E-state index contributed by atoms with van der Waals surface area (Å²) in [5, 5.41) is 21.0. The smallest absolute Gasteiger partial charge is 0.120 e. The second kappa shape index (κ2) is 5.60. The molecule has 2 rings (SSSR count). The van der Waals surface area contributed by atoms with Gasteiger partial charge in [-0.1, -0.05) is 17.7 Å². The molecule has 2 N–H and O–H groups in total. The predicted octanol–water partition coefficient (Wildman–Crippen LogP) is 2.34. The number of rotatable bonds is 4. The van der Waals surface area contributed by atoms with Gasteiger partial charge in [-0.05, 0) is 32.0 Å². The molecule has 0 bridgehead atoms. The van der Waals surface area contributed by atoms with E-state index in [9.17, 15) is 5.11 Å². The van der Waals surface area contributed by atoms with Gasteiger partial charge in [0, 0.05) is 24.3 Å². The molecule has 1 heterocycles. The van der Waals surface area contributed by atoms with Gasteiger partial charge in [-0.15, -0.1) is 0 Å². The molecule has 0 radical (unpaired) electrons. The zero-order valence-electron chi connectivity index (χ0n) is 10.6. The van der Waals surface area contributed by atoms with Crippen LogP contribution in [0.5, 0.6) is 5.75 Å². The van der Waals surface area contributed by atoms with Crippen LogP contribution >= 0.6 is 0 Å². The summed E-state index contributed by atoms with van der Waals surface area (Å²) in [5.41, 5.74) is 2.92. The van der Waals surface area contributed by atoms with Crippen LogP contribution in [0.2, 0.25) is 0 Å². The number of phenols is 1. The number of nitrogens with zero attached hydrogens (tertiary/aromatic N) is 2. The van der Waals surface area contributed by atoms with Gasteiger partial charge < -0.3 is 10.4 Å². The predicted molar refractivity (Wildman–Crippen MR) is 70.1 cm³/mol. The third-order valence-electron chi connectivity index (χ3n) is 2.87. The van der Waals surface area contributed by atoms with Gasteiger partial charge >= 0.3 is 0 Å². The Bertz CT molecular complexity index is 514. The standard InChI is InChI=1S/C14H17N3O/c1-10-5-6-14(18)13(8-10)11(2)15-9-12-4-3-7-16-17-12/h3-8,11,15,18H,9H2,1-2H3. The van der Waals surface area contributed by atoms with E-state index in [1.807, 2.05) is 38.1 Å². The summed E-state index contributed by atoms with van der Waals surface area (Å²) >= 11 is 0. The molecular weight excluding hydrogens is 226 g/mol. The van der Waals surface area contributed by atoms with E-state index in [2.05, 4.69) is 15.5 Å². The van der Waals surface area contributed by atoms with Crippen molar-refractivity contribution in [3.05, 3.63) is 53.3 Å². The van der Waals surface area contributed by atoms with Crippen LogP contribution in [0.25, 0.3) is 0 Å². The lowest BCUT2D eigenvalue weighted by molar-refractivity contribution is 0.451. The molecule has 4 nitrogen and oxygen atoms in total. The summed E-state index contributed by atoms with van der Waals surface area (Å²) in [7, 11) is 0. The summed E-state index contributed by atoms with van der Waals surface area (Å²) in [4.78, 5) is 0. The highest BCUT2D eigenvalue weighted by Crippen LogP contribution is 2.24. The molecule has 1 aromatic heterocycles. The normalized spacial score (nSPS) is 12.3. The van der Waals surface area contributed by atoms with E-state index in [1.165, 1.54) is 0 Å². The van der Waals surface area contributed by atoms with Crippen LogP contribution in [0, 0.1) is 6.92 Å². The van der Waals surface area contributed by atoms with Crippen LogP contribution in [0.15, 0.2) is 36.5 Å². The average Bonchev–Trinajstić information content (AvgIpc) is 2.40. The first-order valence-electron chi connectivity index (χ1n) is 5.96. The van der Waals surface area contributed by atoms with Crippen molar-refractivity contribution in [2.75, 3.05) is 0 Å². The van der Waals surface area contributed by atoms with Gasteiger partial charge in [0.2, 0.25) is 0 Å². The monoisotopic (exact) mass is 243 g/mol. The minimum Gasteiger partial charge on any atom is -0.508 e. The Balaban J connectivity index is 2.03. The van der Waals surface area contributed by atoms with Crippen molar-refractivity contribution >= 4 is 0 Å². The van der Waals surface area contributed by atoms with E-state index < -0.39 is 0 Å². The van der Waals surface area contributed by atoms with Crippen molar-refractivity contribution < 1.29 is 5.11 Å². The molecule has 0 saturated heterocycles. The van der Waals surface area contributed by atoms with Gasteiger partial charge in [-0.25, -0.2) is 0 Å². The number of benzene rings is 1. The van der Waals surface area contributed by atoms with E-state index in [-0.39, 0.29) is 6.04 Å². The maximum atomic E-state index is 9.83. The zero-order chi connectivity index (χ0) is 13.0. The number of aromatic nitrogens is 2. The molecule has 0 aliphatic rings. The molecule has 2 aromatic rings. The molecule has 1 aromatic carbocycles. The zero-order valence-corrected chi connectivity index (χ0v) is 10.6. The summed E-state index contributed by atoms with van der Waals surface area (Å²) < 4.78 is 0. The van der Waals surface area contributed by atoms with Crippen LogP contribution in [-0.4, -0.2) is 15.3 Å². The van der Waals surface area contributed by atoms with Crippen LogP contribution in [-0.2, 0) is 6.54 Å². The average molecular weight is 243 g/mol. The quantitative estimate of drug-likeness (QED) is 0.865. The topological polar surface area (TPSA) is 58.0 Å². The summed E-state index contributed by atoms with van der Waals surface area (Å²) in [6, 6.07) is 9.46. The highest BCUT2D eigenvalue weighted by atomic mass is 16.3. The molecule has 0 spiro atoms. The molecule has 0 aliphatic heterocycles. The van der Waals surface area contributed by atoms with Gasteiger partial charge in [-0.2, -0.15) is 10.2 Å². The molecule has 0 saturated carbocycles. The first-order valence-corrected chi connectivity index (χ1v) is 5.96. The van der Waals surface area contributed by atoms with Crippen LogP contribution in [0.4, 0.5) is 0 Å². The fraction of sp³-hybridized carbons (Fsp3) is 0.286. The Morgan fingerprint density at radius 3 is 2.89 bits per heavy atom. The number of phenolic OH excluding ortho intramolecular Hbond substituents is 1. The molecule has 4 heteroatoms. The fourth-order valence-corrected chi connectivity index (χ4v) is 1.82. The molecule has 18 heavy (non-hydrogen) atoms. The first-order chi connectivity index (χ1) is 8.66. The van der Waals surface area contributed by atoms with Crippen LogP contribution in [0.3, 0.4) is 0 Å². The first kappa shape index (κ1) is 12.5. The Kier molecular flexibility index (Phi) is 3.89. The third-order valence-corrected chi connectivity index (χ3v) is 2.87. The van der Waals surface area contributed by atoms with E-state index in [0.717, 1.165) is 16.8 Å². The highest BCUT2D eigenvalue weighted by molar-refractivity contribution is 5.37. The molecular formula is C14H17N3O. The summed E-state index contributed by atoms with van der Waals surface area (Å²) in [6.07, 6.45) is 1.65. The summed E-state index contributed by atoms with van der Waals surface area (Å²) in [6.45, 7) is 4.66. The summed E-state index contributed by atoms with van der Waals surface area (Å²) in [5.74, 6) is 0.319. The van der Waals surface area contributed by atoms with Gasteiger partial charge in [-0.3, -0.25) is 0 Å². The van der Waals surface area contributed by atoms with Crippen LogP contribution < -0.4 is 5.32 Å². The van der Waals surface area contributed by atoms with Crippen molar-refractivity contribution in [2.45, 2.75) is 26.4 Å². The number of hydrogen-bond donors (Lipinski definition) is 2. The van der Waals surface area contributed by atoms with E-state index in [1.54, 1.807) is 12.3 Å². The minimum atomic E-state index is 0.0620. The molecule has 0 aliphatic carbocycles. The van der Waals surface area contributed by atoms with Crippen molar-refractivity contribution in [2.24, 2.45) is 0 Å². The van der Waals surface area contributed by atoms with Gasteiger partial charge in [0.1, 0.15) is 5.75 Å². The Morgan fingerprint density at radius 2 is 2.17 bits per heavy atom. The Hall–Kier alpha value is -1.94. The molecule has 1 unspecified atom stereocenters. The van der Waals surface area contributed by atoms with Gasteiger partial charge in [0.25, 0.3) is 0 Å². The second-order valence-corrected chi connectivity index (χ2v) is 4.38. The van der Waals surface area contributed by atoms with Gasteiger partial charge in [0.05, 0.1) is 5.69 Å². The van der Waals surface area contributed by atoms with E-state index in [4.69, 9.17) is 0 Å².